The minimum absolute atomic E-state index is 0.0571. The van der Waals surface area contributed by atoms with Crippen LogP contribution in [0.5, 0.6) is 0 Å². The first-order chi connectivity index (χ1) is 13.8. The van der Waals surface area contributed by atoms with Crippen molar-refractivity contribution in [2.75, 3.05) is 38.9 Å². The molecule has 0 bridgehead atoms. The van der Waals surface area contributed by atoms with Crippen LogP contribution in [0, 0.1) is 5.41 Å². The zero-order valence-electron chi connectivity index (χ0n) is 16.9. The van der Waals surface area contributed by atoms with Crippen molar-refractivity contribution in [3.63, 3.8) is 0 Å². The number of halogens is 1. The number of aliphatic hydroxyl groups excluding tert-OH is 1. The minimum atomic E-state index is -0.621. The van der Waals surface area contributed by atoms with Crippen LogP contribution in [0.3, 0.4) is 0 Å². The highest BCUT2D eigenvalue weighted by Gasteiger charge is 2.35. The van der Waals surface area contributed by atoms with Gasteiger partial charge in [-0.1, -0.05) is 31.2 Å². The molecule has 1 aliphatic heterocycles. The quantitative estimate of drug-likeness (QED) is 0.717. The number of aliphatic hydroxyl groups is 1. The summed E-state index contributed by atoms with van der Waals surface area (Å²) < 4.78 is 16.9. The van der Waals surface area contributed by atoms with Crippen molar-refractivity contribution in [1.29, 1.82) is 0 Å². The molecule has 154 valence electrons. The Kier molecular flexibility index (Phi) is 6.23. The van der Waals surface area contributed by atoms with Gasteiger partial charge < -0.3 is 24.2 Å². The molecule has 0 unspecified atom stereocenters. The molecular formula is C22H24ClNO5. The lowest BCUT2D eigenvalue weighted by Crippen LogP contribution is -2.41. The Balaban J connectivity index is 2.15. The van der Waals surface area contributed by atoms with E-state index in [-0.39, 0.29) is 19.1 Å². The number of rotatable bonds is 6. The molecule has 1 atom stereocenters. The molecule has 1 N–H and O–H groups in total. The molecule has 1 aliphatic carbocycles. The number of benzene rings is 1. The van der Waals surface area contributed by atoms with E-state index < -0.39 is 11.5 Å². The standard InChI is InChI=1S/C22H24ClNO5/c1-22(2,13-25)12-24-17-9-8-14(23)10-16(17)20(29-11-19(24)26)15-6-5-7-18(27-3)21(15)28-4/h6,8-10,20,25H,11-13H2,1-4H3/t20-/m1/s1. The second-order valence-electron chi connectivity index (χ2n) is 7.63. The Morgan fingerprint density at radius 2 is 2.10 bits per heavy atom. The second-order valence-corrected chi connectivity index (χ2v) is 8.07. The number of carbonyl (C=O) groups excluding carboxylic acids is 1. The van der Waals surface area contributed by atoms with E-state index in [2.05, 4.69) is 11.5 Å². The summed E-state index contributed by atoms with van der Waals surface area (Å²) in [5.74, 6) is 0.653. The zero-order valence-corrected chi connectivity index (χ0v) is 17.7. The summed E-state index contributed by atoms with van der Waals surface area (Å²) in [5, 5.41) is 10.2. The molecule has 0 fully saturated rings. The molecule has 7 heteroatoms. The van der Waals surface area contributed by atoms with Gasteiger partial charge in [0.2, 0.25) is 5.76 Å². The lowest BCUT2D eigenvalue weighted by molar-refractivity contribution is -0.124. The normalized spacial score (nSPS) is 19.1. The summed E-state index contributed by atoms with van der Waals surface area (Å²) in [7, 11) is 3.05. The Labute approximate surface area is 175 Å². The molecular weight excluding hydrogens is 394 g/mol. The van der Waals surface area contributed by atoms with E-state index in [0.29, 0.717) is 34.3 Å². The molecule has 3 rings (SSSR count). The Bertz CT molecular complexity index is 952. The van der Waals surface area contributed by atoms with Crippen molar-refractivity contribution in [2.24, 2.45) is 5.41 Å². The van der Waals surface area contributed by atoms with Crippen molar-refractivity contribution in [3.8, 4) is 0 Å². The number of carbonyl (C=O) groups is 1. The lowest BCUT2D eigenvalue weighted by Gasteiger charge is -2.31. The molecule has 1 heterocycles. The zero-order chi connectivity index (χ0) is 21.2. The molecule has 1 aromatic rings. The summed E-state index contributed by atoms with van der Waals surface area (Å²) in [6, 6.07) is 5.31. The number of fused-ring (bicyclic) bond motifs is 1. The molecule has 0 spiro atoms. The number of nitrogens with zero attached hydrogens (tertiary/aromatic N) is 1. The average Bonchev–Trinajstić information content (AvgIpc) is 2.84. The monoisotopic (exact) mass is 417 g/mol. The van der Waals surface area contributed by atoms with Crippen LogP contribution in [0.4, 0.5) is 5.69 Å². The van der Waals surface area contributed by atoms with Gasteiger partial charge in [-0.15, -0.1) is 0 Å². The van der Waals surface area contributed by atoms with E-state index in [1.54, 1.807) is 29.2 Å². The van der Waals surface area contributed by atoms with Gasteiger partial charge in [-0.05, 0) is 30.0 Å². The van der Waals surface area contributed by atoms with Gasteiger partial charge in [-0.2, -0.15) is 0 Å². The molecule has 1 aromatic carbocycles. The summed E-state index contributed by atoms with van der Waals surface area (Å²) in [6.45, 7) is 3.94. The molecule has 29 heavy (non-hydrogen) atoms. The average molecular weight is 418 g/mol. The van der Waals surface area contributed by atoms with Crippen LogP contribution in [-0.2, 0) is 19.0 Å². The van der Waals surface area contributed by atoms with Gasteiger partial charge in [-0.25, -0.2) is 0 Å². The van der Waals surface area contributed by atoms with Gasteiger partial charge in [0.25, 0.3) is 5.91 Å². The van der Waals surface area contributed by atoms with Gasteiger partial charge in [0.1, 0.15) is 12.7 Å². The molecule has 6 nitrogen and oxygen atoms in total. The fraction of sp³-hybridized carbons (Fsp3) is 0.409. The second kappa shape index (κ2) is 8.50. The van der Waals surface area contributed by atoms with Gasteiger partial charge in [-0.3, -0.25) is 4.79 Å². The van der Waals surface area contributed by atoms with Crippen molar-refractivity contribution >= 4 is 23.2 Å². The number of hydrogen-bond acceptors (Lipinski definition) is 5. The molecule has 2 aliphatic rings. The van der Waals surface area contributed by atoms with Gasteiger partial charge >= 0.3 is 0 Å². The van der Waals surface area contributed by atoms with Crippen LogP contribution >= 0.6 is 11.6 Å². The van der Waals surface area contributed by atoms with Gasteiger partial charge in [0, 0.05) is 40.4 Å². The number of ether oxygens (including phenoxy) is 3. The van der Waals surface area contributed by atoms with Gasteiger partial charge in [0.15, 0.2) is 5.76 Å². The van der Waals surface area contributed by atoms with E-state index in [1.165, 1.54) is 14.2 Å². The summed E-state index contributed by atoms with van der Waals surface area (Å²) in [6.07, 6.45) is 1.08. The smallest absolute Gasteiger partial charge is 0.253 e. The molecule has 0 aromatic heterocycles. The molecule has 0 saturated carbocycles. The third-order valence-corrected chi connectivity index (χ3v) is 5.06. The summed E-state index contributed by atoms with van der Waals surface area (Å²) >= 11 is 6.29. The van der Waals surface area contributed by atoms with Crippen molar-refractivity contribution in [1.82, 2.24) is 0 Å². The first-order valence-corrected chi connectivity index (χ1v) is 9.55. The molecule has 0 saturated heterocycles. The fourth-order valence-electron chi connectivity index (χ4n) is 3.33. The predicted molar refractivity (Wildman–Crippen MR) is 110 cm³/mol. The van der Waals surface area contributed by atoms with Crippen LogP contribution in [-0.4, -0.2) is 45.0 Å². The van der Waals surface area contributed by atoms with Crippen LogP contribution in [0.2, 0.25) is 5.02 Å². The maximum Gasteiger partial charge on any atom is 0.253 e. The van der Waals surface area contributed by atoms with Crippen molar-refractivity contribution < 1.29 is 24.1 Å². The number of methoxy groups -OCH3 is 2. The molecule has 0 radical (unpaired) electrons. The van der Waals surface area contributed by atoms with E-state index in [4.69, 9.17) is 25.8 Å². The van der Waals surface area contributed by atoms with E-state index >= 15 is 0 Å². The third-order valence-electron chi connectivity index (χ3n) is 4.82. The maximum atomic E-state index is 12.9. The van der Waals surface area contributed by atoms with Crippen LogP contribution in [0.15, 0.2) is 52.8 Å². The fourth-order valence-corrected chi connectivity index (χ4v) is 3.51. The third kappa shape index (κ3) is 4.27. The first-order valence-electron chi connectivity index (χ1n) is 9.18. The van der Waals surface area contributed by atoms with Crippen molar-refractivity contribution in [3.05, 3.63) is 63.4 Å². The highest BCUT2D eigenvalue weighted by Crippen LogP contribution is 2.41. The predicted octanol–water partition coefficient (Wildman–Crippen LogP) is 3.52. The number of hydrogen-bond donors (Lipinski definition) is 1. The Hall–Kier alpha value is -2.46. The Morgan fingerprint density at radius 3 is 2.76 bits per heavy atom. The van der Waals surface area contributed by atoms with Crippen LogP contribution in [0.1, 0.15) is 25.5 Å². The van der Waals surface area contributed by atoms with E-state index in [9.17, 15) is 9.90 Å². The minimum Gasteiger partial charge on any atom is -0.492 e. The maximum absolute atomic E-state index is 12.9. The highest BCUT2D eigenvalue weighted by atomic mass is 35.5. The SMILES string of the molecule is COC1=C=C=CC([C@H]2OCC(=O)N(CC(C)(C)CO)c3ccc(Cl)cc32)=C1OC. The number of anilines is 1. The highest BCUT2D eigenvalue weighted by molar-refractivity contribution is 6.30. The van der Waals surface area contributed by atoms with Gasteiger partial charge in [0.05, 0.1) is 14.2 Å². The number of amides is 1. The Morgan fingerprint density at radius 1 is 1.34 bits per heavy atom. The van der Waals surface area contributed by atoms with Crippen LogP contribution < -0.4 is 4.90 Å². The van der Waals surface area contributed by atoms with Crippen LogP contribution in [0.25, 0.3) is 0 Å². The lowest BCUT2D eigenvalue weighted by atomic mass is 9.92. The van der Waals surface area contributed by atoms with E-state index in [1.807, 2.05) is 13.8 Å². The summed E-state index contributed by atoms with van der Waals surface area (Å²) in [4.78, 5) is 14.6. The largest absolute Gasteiger partial charge is 0.492 e. The van der Waals surface area contributed by atoms with Crippen molar-refractivity contribution in [2.45, 2.75) is 20.0 Å². The molecule has 1 amide bonds. The van der Waals surface area contributed by atoms with E-state index in [0.717, 1.165) is 5.56 Å². The topological polar surface area (TPSA) is 68.2 Å². The summed E-state index contributed by atoms with van der Waals surface area (Å²) in [5.41, 5.74) is 7.35. The first kappa shape index (κ1) is 21.3.